The second-order valence-corrected chi connectivity index (χ2v) is 6.17. The lowest BCUT2D eigenvalue weighted by molar-refractivity contribution is -0.126. The summed E-state index contributed by atoms with van der Waals surface area (Å²) in [4.78, 5) is 26.1. The average molecular weight is 334 g/mol. The molecule has 2 amide bonds. The molecule has 1 aliphatic heterocycles. The van der Waals surface area contributed by atoms with Crippen LogP contribution >= 0.6 is 0 Å². The molecule has 1 heterocycles. The number of rotatable bonds is 8. The van der Waals surface area contributed by atoms with Crippen molar-refractivity contribution in [3.05, 3.63) is 24.3 Å². The van der Waals surface area contributed by atoms with Crippen molar-refractivity contribution < 1.29 is 19.1 Å². The number of carbonyl (C=O) groups is 2. The monoisotopic (exact) mass is 334 g/mol. The van der Waals surface area contributed by atoms with Crippen LogP contribution in [-0.4, -0.2) is 44.7 Å². The van der Waals surface area contributed by atoms with E-state index < -0.39 is 0 Å². The number of ether oxygens (including phenoxy) is 2. The predicted octanol–water partition coefficient (Wildman–Crippen LogP) is 1.98. The van der Waals surface area contributed by atoms with E-state index in [1.807, 2.05) is 32.0 Å². The van der Waals surface area contributed by atoms with Crippen molar-refractivity contribution in [1.82, 2.24) is 5.32 Å². The topological polar surface area (TPSA) is 67.9 Å². The lowest BCUT2D eigenvalue weighted by Gasteiger charge is -2.17. The van der Waals surface area contributed by atoms with Gasteiger partial charge in [-0.25, -0.2) is 0 Å². The molecule has 1 aromatic carbocycles. The van der Waals surface area contributed by atoms with Crippen LogP contribution in [0.15, 0.2) is 24.3 Å². The van der Waals surface area contributed by atoms with Gasteiger partial charge in [-0.05, 0) is 32.4 Å². The van der Waals surface area contributed by atoms with Gasteiger partial charge in [0.1, 0.15) is 5.75 Å². The fourth-order valence-corrected chi connectivity index (χ4v) is 2.66. The molecule has 0 unspecified atom stereocenters. The summed E-state index contributed by atoms with van der Waals surface area (Å²) in [5.74, 6) is 0.276. The van der Waals surface area contributed by atoms with Gasteiger partial charge in [0, 0.05) is 37.9 Å². The van der Waals surface area contributed by atoms with Crippen LogP contribution in [0, 0.1) is 5.92 Å². The highest BCUT2D eigenvalue weighted by Crippen LogP contribution is 2.27. The van der Waals surface area contributed by atoms with Crippen molar-refractivity contribution in [2.24, 2.45) is 5.92 Å². The van der Waals surface area contributed by atoms with Crippen LogP contribution in [0.25, 0.3) is 0 Å². The first kappa shape index (κ1) is 18.3. The molecule has 132 valence electrons. The molecular weight excluding hydrogens is 308 g/mol. The molecule has 0 radical (unpaired) electrons. The lowest BCUT2D eigenvalue weighted by Crippen LogP contribution is -2.34. The quantitative estimate of drug-likeness (QED) is 0.738. The molecule has 0 bridgehead atoms. The largest absolute Gasteiger partial charge is 0.497 e. The van der Waals surface area contributed by atoms with Gasteiger partial charge in [-0.15, -0.1) is 0 Å². The van der Waals surface area contributed by atoms with E-state index in [1.165, 1.54) is 0 Å². The summed E-state index contributed by atoms with van der Waals surface area (Å²) in [6, 6.07) is 7.32. The highest BCUT2D eigenvalue weighted by molar-refractivity contribution is 6.00. The van der Waals surface area contributed by atoms with E-state index in [9.17, 15) is 9.59 Å². The molecule has 1 aliphatic rings. The average Bonchev–Trinajstić information content (AvgIpc) is 2.96. The van der Waals surface area contributed by atoms with Crippen LogP contribution in [0.5, 0.6) is 5.75 Å². The summed E-state index contributed by atoms with van der Waals surface area (Å²) in [5, 5.41) is 2.89. The molecule has 1 saturated heterocycles. The van der Waals surface area contributed by atoms with Gasteiger partial charge in [-0.3, -0.25) is 9.59 Å². The molecule has 1 aromatic rings. The van der Waals surface area contributed by atoms with Crippen LogP contribution < -0.4 is 15.0 Å². The Morgan fingerprint density at radius 3 is 2.92 bits per heavy atom. The molecular formula is C18H26N2O4. The predicted molar refractivity (Wildman–Crippen MR) is 92.2 cm³/mol. The van der Waals surface area contributed by atoms with Crippen molar-refractivity contribution >= 4 is 17.5 Å². The van der Waals surface area contributed by atoms with Gasteiger partial charge < -0.3 is 19.7 Å². The zero-order valence-electron chi connectivity index (χ0n) is 14.6. The molecule has 6 heteroatoms. The van der Waals surface area contributed by atoms with Crippen molar-refractivity contribution in [2.45, 2.75) is 32.8 Å². The summed E-state index contributed by atoms with van der Waals surface area (Å²) in [7, 11) is 1.59. The first-order chi connectivity index (χ1) is 11.5. The number of methoxy groups -OCH3 is 1. The third kappa shape index (κ3) is 4.96. The number of nitrogens with zero attached hydrogens (tertiary/aromatic N) is 1. The minimum atomic E-state index is -0.310. The number of hydrogen-bond acceptors (Lipinski definition) is 4. The summed E-state index contributed by atoms with van der Waals surface area (Å²) in [6.45, 7) is 5.55. The minimum absolute atomic E-state index is 0.0356. The van der Waals surface area contributed by atoms with Gasteiger partial charge in [0.15, 0.2) is 0 Å². The Hall–Kier alpha value is -2.08. The Morgan fingerprint density at radius 2 is 2.21 bits per heavy atom. The highest BCUT2D eigenvalue weighted by Gasteiger charge is 2.35. The van der Waals surface area contributed by atoms with Crippen molar-refractivity contribution in [3.8, 4) is 5.75 Å². The second kappa shape index (κ2) is 8.68. The molecule has 1 N–H and O–H groups in total. The van der Waals surface area contributed by atoms with Crippen LogP contribution in [0.3, 0.4) is 0 Å². The highest BCUT2D eigenvalue weighted by atomic mass is 16.5. The molecule has 24 heavy (non-hydrogen) atoms. The number of hydrogen-bond donors (Lipinski definition) is 1. The van der Waals surface area contributed by atoms with Gasteiger partial charge >= 0.3 is 0 Å². The van der Waals surface area contributed by atoms with Crippen molar-refractivity contribution in [2.75, 3.05) is 31.7 Å². The first-order valence-electron chi connectivity index (χ1n) is 8.35. The van der Waals surface area contributed by atoms with Gasteiger partial charge in [-0.2, -0.15) is 0 Å². The number of benzene rings is 1. The summed E-state index contributed by atoms with van der Waals surface area (Å²) in [5.41, 5.74) is 0.764. The molecule has 1 fully saturated rings. The van der Waals surface area contributed by atoms with Crippen molar-refractivity contribution in [1.29, 1.82) is 0 Å². The number of amides is 2. The van der Waals surface area contributed by atoms with Crippen LogP contribution in [0.2, 0.25) is 0 Å². The minimum Gasteiger partial charge on any atom is -0.497 e. The molecule has 0 aromatic heterocycles. The Labute approximate surface area is 143 Å². The van der Waals surface area contributed by atoms with Gasteiger partial charge in [0.2, 0.25) is 11.8 Å². The molecule has 1 atom stereocenters. The van der Waals surface area contributed by atoms with Gasteiger partial charge in [0.05, 0.1) is 19.1 Å². The van der Waals surface area contributed by atoms with E-state index in [1.54, 1.807) is 18.1 Å². The van der Waals surface area contributed by atoms with E-state index in [4.69, 9.17) is 9.47 Å². The summed E-state index contributed by atoms with van der Waals surface area (Å²) in [6.07, 6.45) is 1.21. The number of anilines is 1. The third-order valence-corrected chi connectivity index (χ3v) is 3.93. The Balaban J connectivity index is 1.83. The maximum Gasteiger partial charge on any atom is 0.227 e. The fraction of sp³-hybridized carbons (Fsp3) is 0.556. The van der Waals surface area contributed by atoms with E-state index in [-0.39, 0.29) is 30.3 Å². The summed E-state index contributed by atoms with van der Waals surface area (Å²) >= 11 is 0. The van der Waals surface area contributed by atoms with E-state index in [2.05, 4.69) is 5.32 Å². The molecule has 0 saturated carbocycles. The number of nitrogens with one attached hydrogen (secondary N) is 1. The third-order valence-electron chi connectivity index (χ3n) is 3.93. The lowest BCUT2D eigenvalue weighted by atomic mass is 10.1. The summed E-state index contributed by atoms with van der Waals surface area (Å²) < 4.78 is 10.6. The second-order valence-electron chi connectivity index (χ2n) is 6.17. The Bertz CT molecular complexity index is 574. The Kier molecular flexibility index (Phi) is 6.61. The van der Waals surface area contributed by atoms with Gasteiger partial charge in [0.25, 0.3) is 0 Å². The Morgan fingerprint density at radius 1 is 1.42 bits per heavy atom. The molecule has 6 nitrogen and oxygen atoms in total. The van der Waals surface area contributed by atoms with Crippen molar-refractivity contribution in [3.63, 3.8) is 0 Å². The van der Waals surface area contributed by atoms with Crippen LogP contribution in [-0.2, 0) is 14.3 Å². The standard InChI is InChI=1S/C18H26N2O4/c1-13(2)24-9-5-8-19-18(22)14-10-17(21)20(12-14)15-6-4-7-16(11-15)23-3/h4,6-7,11,13-14H,5,8-10,12H2,1-3H3,(H,19,22)/t14-/m1/s1. The van der Waals surface area contributed by atoms with E-state index in [0.29, 0.717) is 25.4 Å². The fourth-order valence-electron chi connectivity index (χ4n) is 2.66. The van der Waals surface area contributed by atoms with Crippen LogP contribution in [0.4, 0.5) is 5.69 Å². The molecule has 0 aliphatic carbocycles. The zero-order valence-corrected chi connectivity index (χ0v) is 14.6. The zero-order chi connectivity index (χ0) is 17.5. The smallest absolute Gasteiger partial charge is 0.227 e. The van der Waals surface area contributed by atoms with E-state index in [0.717, 1.165) is 12.1 Å². The molecule has 0 spiro atoms. The first-order valence-corrected chi connectivity index (χ1v) is 8.35. The number of carbonyl (C=O) groups excluding carboxylic acids is 2. The van der Waals surface area contributed by atoms with Crippen LogP contribution in [0.1, 0.15) is 26.7 Å². The van der Waals surface area contributed by atoms with Gasteiger partial charge in [-0.1, -0.05) is 6.07 Å². The maximum atomic E-state index is 12.2. The van der Waals surface area contributed by atoms with E-state index >= 15 is 0 Å². The SMILES string of the molecule is COc1cccc(N2C[C@H](C(=O)NCCCOC(C)C)CC2=O)c1. The maximum absolute atomic E-state index is 12.2. The normalized spacial score (nSPS) is 17.4. The molecule has 2 rings (SSSR count).